The molecule has 0 heterocycles. The summed E-state index contributed by atoms with van der Waals surface area (Å²) >= 11 is 0. The Balaban J connectivity index is 1.25. The molecule has 0 aliphatic heterocycles. The summed E-state index contributed by atoms with van der Waals surface area (Å²) in [5.74, 6) is 0.598. The second-order valence-electron chi connectivity index (χ2n) is 9.26. The van der Waals surface area contributed by atoms with Gasteiger partial charge in [0.1, 0.15) is 0 Å². The van der Waals surface area contributed by atoms with E-state index in [9.17, 15) is 8.78 Å². The molecule has 3 aromatic carbocycles. The molecule has 3 aromatic rings. The van der Waals surface area contributed by atoms with Gasteiger partial charge in [-0.25, -0.2) is 8.78 Å². The Hall–Kier alpha value is -2.48. The molecule has 1 aliphatic rings. The first-order valence-electron chi connectivity index (χ1n) is 11.7. The van der Waals surface area contributed by atoms with Crippen LogP contribution in [0.15, 0.2) is 72.8 Å². The van der Waals surface area contributed by atoms with Gasteiger partial charge in [-0.1, -0.05) is 67.6 Å². The van der Waals surface area contributed by atoms with Gasteiger partial charge in [0.2, 0.25) is 0 Å². The Morgan fingerprint density at radius 1 is 0.742 bits per heavy atom. The van der Waals surface area contributed by atoms with Crippen LogP contribution < -0.4 is 0 Å². The van der Waals surface area contributed by atoms with E-state index in [-0.39, 0.29) is 0 Å². The van der Waals surface area contributed by atoms with E-state index in [0.29, 0.717) is 11.8 Å². The standard InChI is InChI=1S/C29H32F2/c1-21(25-5-3-2-4-6-25)19-23-11-16-27(17-12-23)26-14-9-22(10-15-26)7-8-24-13-18-28(30)29(31)20-24/h2-6,9-10,13-15,18,20-21,23,27H,7-8,11-12,16-17,19H2,1H3. The predicted octanol–water partition coefficient (Wildman–Crippen LogP) is 8.22. The summed E-state index contributed by atoms with van der Waals surface area (Å²) in [6, 6.07) is 24.0. The molecule has 0 saturated heterocycles. The normalized spacial score (nSPS) is 19.8. The van der Waals surface area contributed by atoms with Gasteiger partial charge in [0.05, 0.1) is 0 Å². The number of rotatable bonds is 7. The summed E-state index contributed by atoms with van der Waals surface area (Å²) < 4.78 is 26.4. The molecule has 1 saturated carbocycles. The van der Waals surface area contributed by atoms with Gasteiger partial charge >= 0.3 is 0 Å². The first kappa shape index (κ1) is 21.7. The molecular weight excluding hydrogens is 386 g/mol. The molecular formula is C29H32F2. The molecule has 0 amide bonds. The quantitative estimate of drug-likeness (QED) is 0.362. The van der Waals surface area contributed by atoms with Crippen LogP contribution in [0.5, 0.6) is 0 Å². The van der Waals surface area contributed by atoms with E-state index < -0.39 is 11.6 Å². The lowest BCUT2D eigenvalue weighted by atomic mass is 9.75. The molecule has 162 valence electrons. The van der Waals surface area contributed by atoms with Crippen molar-refractivity contribution in [3.8, 4) is 0 Å². The fourth-order valence-corrected chi connectivity index (χ4v) is 5.09. The van der Waals surface area contributed by atoms with Crippen LogP contribution >= 0.6 is 0 Å². The lowest BCUT2D eigenvalue weighted by Crippen LogP contribution is -2.15. The largest absolute Gasteiger partial charge is 0.204 e. The molecule has 0 aromatic heterocycles. The molecule has 1 fully saturated rings. The van der Waals surface area contributed by atoms with Gasteiger partial charge in [0, 0.05) is 0 Å². The van der Waals surface area contributed by atoms with Crippen LogP contribution in [0.1, 0.15) is 73.1 Å². The number of hydrogen-bond acceptors (Lipinski definition) is 0. The first-order chi connectivity index (χ1) is 15.1. The zero-order valence-corrected chi connectivity index (χ0v) is 18.4. The van der Waals surface area contributed by atoms with Crippen molar-refractivity contribution in [2.75, 3.05) is 0 Å². The van der Waals surface area contributed by atoms with E-state index in [1.54, 1.807) is 6.07 Å². The molecule has 2 heteroatoms. The highest BCUT2D eigenvalue weighted by molar-refractivity contribution is 5.27. The van der Waals surface area contributed by atoms with Crippen molar-refractivity contribution in [1.82, 2.24) is 0 Å². The maximum absolute atomic E-state index is 13.4. The van der Waals surface area contributed by atoms with Crippen LogP contribution in [-0.4, -0.2) is 0 Å². The number of aryl methyl sites for hydroxylation is 2. The van der Waals surface area contributed by atoms with Gasteiger partial charge in [-0.3, -0.25) is 0 Å². The third kappa shape index (κ3) is 5.81. The van der Waals surface area contributed by atoms with E-state index >= 15 is 0 Å². The van der Waals surface area contributed by atoms with Gasteiger partial charge in [-0.15, -0.1) is 0 Å². The third-order valence-electron chi connectivity index (χ3n) is 7.04. The fourth-order valence-electron chi connectivity index (χ4n) is 5.09. The van der Waals surface area contributed by atoms with Crippen molar-refractivity contribution >= 4 is 0 Å². The van der Waals surface area contributed by atoms with Crippen LogP contribution in [0.3, 0.4) is 0 Å². The monoisotopic (exact) mass is 418 g/mol. The van der Waals surface area contributed by atoms with Gasteiger partial charge < -0.3 is 0 Å². The summed E-state index contributed by atoms with van der Waals surface area (Å²) in [7, 11) is 0. The summed E-state index contributed by atoms with van der Waals surface area (Å²) in [5, 5.41) is 0. The average molecular weight is 419 g/mol. The Labute approximate surface area is 185 Å². The first-order valence-corrected chi connectivity index (χ1v) is 11.7. The lowest BCUT2D eigenvalue weighted by molar-refractivity contribution is 0.297. The zero-order chi connectivity index (χ0) is 21.6. The highest BCUT2D eigenvalue weighted by atomic mass is 19.2. The van der Waals surface area contributed by atoms with E-state index in [2.05, 4.69) is 61.5 Å². The summed E-state index contributed by atoms with van der Waals surface area (Å²) in [6.07, 6.45) is 8.05. The number of halogens is 2. The Kier molecular flexibility index (Phi) is 7.17. The van der Waals surface area contributed by atoms with Crippen molar-refractivity contribution in [2.24, 2.45) is 5.92 Å². The topological polar surface area (TPSA) is 0 Å². The zero-order valence-electron chi connectivity index (χ0n) is 18.4. The van der Waals surface area contributed by atoms with Gasteiger partial charge in [-0.05, 0) is 97.1 Å². The van der Waals surface area contributed by atoms with Crippen LogP contribution in [0, 0.1) is 17.6 Å². The SMILES string of the molecule is CC(CC1CCC(c2ccc(CCc3ccc(F)c(F)c3)cc2)CC1)c1ccccc1. The molecule has 1 unspecified atom stereocenters. The van der Waals surface area contributed by atoms with Crippen molar-refractivity contribution in [1.29, 1.82) is 0 Å². The van der Waals surface area contributed by atoms with Crippen molar-refractivity contribution in [3.05, 3.63) is 107 Å². The number of hydrogen-bond donors (Lipinski definition) is 0. The highest BCUT2D eigenvalue weighted by Crippen LogP contribution is 2.39. The van der Waals surface area contributed by atoms with E-state index in [1.807, 2.05) is 0 Å². The summed E-state index contributed by atoms with van der Waals surface area (Å²) in [5.41, 5.74) is 5.00. The highest BCUT2D eigenvalue weighted by Gasteiger charge is 2.24. The molecule has 0 bridgehead atoms. The van der Waals surface area contributed by atoms with Crippen LogP contribution in [-0.2, 0) is 12.8 Å². The second-order valence-corrected chi connectivity index (χ2v) is 9.26. The average Bonchev–Trinajstić information content (AvgIpc) is 2.81. The van der Waals surface area contributed by atoms with Gasteiger partial charge in [0.15, 0.2) is 11.6 Å². The molecule has 31 heavy (non-hydrogen) atoms. The third-order valence-corrected chi connectivity index (χ3v) is 7.04. The fraction of sp³-hybridized carbons (Fsp3) is 0.379. The Morgan fingerprint density at radius 2 is 1.39 bits per heavy atom. The van der Waals surface area contributed by atoms with E-state index in [1.165, 1.54) is 60.9 Å². The van der Waals surface area contributed by atoms with Gasteiger partial charge in [-0.2, -0.15) is 0 Å². The molecule has 0 radical (unpaired) electrons. The minimum absolute atomic E-state index is 0.636. The van der Waals surface area contributed by atoms with E-state index in [4.69, 9.17) is 0 Å². The van der Waals surface area contributed by atoms with Crippen LogP contribution in [0.25, 0.3) is 0 Å². The maximum Gasteiger partial charge on any atom is 0.159 e. The smallest absolute Gasteiger partial charge is 0.159 e. The molecule has 1 atom stereocenters. The van der Waals surface area contributed by atoms with Gasteiger partial charge in [0.25, 0.3) is 0 Å². The minimum Gasteiger partial charge on any atom is -0.204 e. The molecule has 0 N–H and O–H groups in total. The predicted molar refractivity (Wildman–Crippen MR) is 124 cm³/mol. The molecule has 4 rings (SSSR count). The van der Waals surface area contributed by atoms with E-state index in [0.717, 1.165) is 24.3 Å². The number of benzene rings is 3. The molecule has 0 nitrogen and oxygen atoms in total. The summed E-state index contributed by atoms with van der Waals surface area (Å²) in [4.78, 5) is 0. The minimum atomic E-state index is -0.780. The maximum atomic E-state index is 13.4. The Morgan fingerprint density at radius 3 is 2.06 bits per heavy atom. The second kappa shape index (κ2) is 10.2. The van der Waals surface area contributed by atoms with Crippen molar-refractivity contribution in [3.63, 3.8) is 0 Å². The lowest BCUT2D eigenvalue weighted by Gasteiger charge is -2.30. The van der Waals surface area contributed by atoms with Crippen molar-refractivity contribution in [2.45, 2.75) is 63.7 Å². The molecule has 0 spiro atoms. The van der Waals surface area contributed by atoms with Crippen LogP contribution in [0.2, 0.25) is 0 Å². The Bertz CT molecular complexity index is 954. The molecule has 1 aliphatic carbocycles. The van der Waals surface area contributed by atoms with Crippen molar-refractivity contribution < 1.29 is 8.78 Å². The summed E-state index contributed by atoms with van der Waals surface area (Å²) in [6.45, 7) is 2.36. The van der Waals surface area contributed by atoms with Crippen LogP contribution in [0.4, 0.5) is 8.78 Å².